The van der Waals surface area contributed by atoms with Crippen LogP contribution < -0.4 is 10.5 Å². The van der Waals surface area contributed by atoms with Gasteiger partial charge in [0, 0.05) is 13.1 Å². The van der Waals surface area contributed by atoms with Crippen molar-refractivity contribution >= 4 is 10.0 Å². The largest absolute Gasteiger partial charge is 0.377 e. The lowest BCUT2D eigenvalue weighted by atomic mass is 10.1. The highest BCUT2D eigenvalue weighted by molar-refractivity contribution is 7.89. The Morgan fingerprint density at radius 3 is 2.63 bits per heavy atom. The van der Waals surface area contributed by atoms with Crippen molar-refractivity contribution in [1.82, 2.24) is 4.72 Å². The van der Waals surface area contributed by atoms with Gasteiger partial charge in [-0.05, 0) is 38.0 Å². The van der Waals surface area contributed by atoms with Crippen LogP contribution in [0.4, 0.5) is 0 Å². The zero-order valence-corrected chi connectivity index (χ0v) is 12.5. The second-order valence-electron chi connectivity index (χ2n) is 4.62. The van der Waals surface area contributed by atoms with E-state index < -0.39 is 10.0 Å². The first-order valence-electron chi connectivity index (χ1n) is 6.27. The van der Waals surface area contributed by atoms with Gasteiger partial charge in [-0.3, -0.25) is 0 Å². The number of sulfonamides is 1. The number of rotatable bonds is 7. The SMILES string of the molecule is Cc1ccc(CN)cc1S(=O)(=O)NCCOC(C)C. The number of aryl methyl sites for hydroxylation is 1. The van der Waals surface area contributed by atoms with Crippen LogP contribution in [0.2, 0.25) is 0 Å². The third kappa shape index (κ3) is 4.91. The highest BCUT2D eigenvalue weighted by atomic mass is 32.2. The van der Waals surface area contributed by atoms with Gasteiger partial charge in [0.15, 0.2) is 0 Å². The Morgan fingerprint density at radius 1 is 1.37 bits per heavy atom. The predicted molar refractivity (Wildman–Crippen MR) is 75.3 cm³/mol. The van der Waals surface area contributed by atoms with E-state index in [1.54, 1.807) is 19.1 Å². The summed E-state index contributed by atoms with van der Waals surface area (Å²) in [5.74, 6) is 0. The monoisotopic (exact) mass is 286 g/mol. The second kappa shape index (κ2) is 7.00. The molecule has 0 saturated carbocycles. The maximum atomic E-state index is 12.2. The number of hydrogen-bond acceptors (Lipinski definition) is 4. The van der Waals surface area contributed by atoms with Gasteiger partial charge >= 0.3 is 0 Å². The van der Waals surface area contributed by atoms with E-state index in [0.29, 0.717) is 18.7 Å². The first kappa shape index (κ1) is 16.1. The summed E-state index contributed by atoms with van der Waals surface area (Å²) in [5.41, 5.74) is 7.03. The molecule has 0 aliphatic carbocycles. The molecule has 108 valence electrons. The molecule has 0 unspecified atom stereocenters. The summed E-state index contributed by atoms with van der Waals surface area (Å²) in [6.45, 7) is 6.50. The van der Waals surface area contributed by atoms with Gasteiger partial charge in [0.05, 0.1) is 17.6 Å². The van der Waals surface area contributed by atoms with E-state index in [-0.39, 0.29) is 17.5 Å². The topological polar surface area (TPSA) is 81.4 Å². The van der Waals surface area contributed by atoms with Crippen molar-refractivity contribution in [2.45, 2.75) is 38.3 Å². The van der Waals surface area contributed by atoms with E-state index in [1.807, 2.05) is 19.9 Å². The highest BCUT2D eigenvalue weighted by Gasteiger charge is 2.16. The van der Waals surface area contributed by atoms with Crippen molar-refractivity contribution in [3.05, 3.63) is 29.3 Å². The Bertz CT molecular complexity index is 513. The third-order valence-corrected chi connectivity index (χ3v) is 4.23. The van der Waals surface area contributed by atoms with Gasteiger partial charge in [0.1, 0.15) is 0 Å². The molecule has 0 amide bonds. The van der Waals surface area contributed by atoms with E-state index in [0.717, 1.165) is 5.56 Å². The standard InChI is InChI=1S/C13H22N2O3S/c1-10(2)18-7-6-15-19(16,17)13-8-12(9-14)5-4-11(13)3/h4-5,8,10,15H,6-7,9,14H2,1-3H3. The van der Waals surface area contributed by atoms with Crippen LogP contribution in [0.5, 0.6) is 0 Å². The Morgan fingerprint density at radius 2 is 2.05 bits per heavy atom. The molecule has 3 N–H and O–H groups in total. The van der Waals surface area contributed by atoms with E-state index in [2.05, 4.69) is 4.72 Å². The molecule has 0 aromatic heterocycles. The van der Waals surface area contributed by atoms with E-state index in [1.165, 1.54) is 0 Å². The van der Waals surface area contributed by atoms with Crippen LogP contribution in [0.15, 0.2) is 23.1 Å². The first-order valence-corrected chi connectivity index (χ1v) is 7.76. The summed E-state index contributed by atoms with van der Waals surface area (Å²) in [6, 6.07) is 5.21. The Balaban J connectivity index is 2.77. The van der Waals surface area contributed by atoms with Gasteiger partial charge in [-0.1, -0.05) is 12.1 Å². The summed E-state index contributed by atoms with van der Waals surface area (Å²) < 4.78 is 32.1. The fourth-order valence-corrected chi connectivity index (χ4v) is 2.92. The maximum absolute atomic E-state index is 12.2. The van der Waals surface area contributed by atoms with Crippen LogP contribution in [0.1, 0.15) is 25.0 Å². The van der Waals surface area contributed by atoms with Crippen LogP contribution >= 0.6 is 0 Å². The second-order valence-corrected chi connectivity index (χ2v) is 6.36. The average Bonchev–Trinajstić information content (AvgIpc) is 2.35. The molecule has 0 heterocycles. The van der Waals surface area contributed by atoms with Crippen LogP contribution in [0.3, 0.4) is 0 Å². The molecule has 0 aliphatic rings. The number of ether oxygens (including phenoxy) is 1. The molecule has 6 heteroatoms. The minimum Gasteiger partial charge on any atom is -0.377 e. The molecule has 1 aromatic rings. The van der Waals surface area contributed by atoms with Crippen molar-refractivity contribution in [3.8, 4) is 0 Å². The molecule has 5 nitrogen and oxygen atoms in total. The summed E-state index contributed by atoms with van der Waals surface area (Å²) in [7, 11) is -3.51. The average molecular weight is 286 g/mol. The smallest absolute Gasteiger partial charge is 0.240 e. The lowest BCUT2D eigenvalue weighted by molar-refractivity contribution is 0.0834. The minimum atomic E-state index is -3.51. The van der Waals surface area contributed by atoms with E-state index in [9.17, 15) is 8.42 Å². The first-order chi connectivity index (χ1) is 8.86. The zero-order valence-electron chi connectivity index (χ0n) is 11.6. The van der Waals surface area contributed by atoms with Gasteiger partial charge in [-0.15, -0.1) is 0 Å². The summed E-state index contributed by atoms with van der Waals surface area (Å²) >= 11 is 0. The highest BCUT2D eigenvalue weighted by Crippen LogP contribution is 2.16. The van der Waals surface area contributed by atoms with Gasteiger partial charge in [-0.25, -0.2) is 13.1 Å². The third-order valence-electron chi connectivity index (χ3n) is 2.62. The molecule has 0 radical (unpaired) electrons. The Kier molecular flexibility index (Phi) is 5.93. The molecule has 0 saturated heterocycles. The van der Waals surface area contributed by atoms with Crippen molar-refractivity contribution < 1.29 is 13.2 Å². The number of benzene rings is 1. The molecule has 19 heavy (non-hydrogen) atoms. The molecule has 1 rings (SSSR count). The normalized spacial score (nSPS) is 12.1. The maximum Gasteiger partial charge on any atom is 0.240 e. The molecular formula is C13H22N2O3S. The lowest BCUT2D eigenvalue weighted by Gasteiger charge is -2.12. The van der Waals surface area contributed by atoms with Crippen molar-refractivity contribution in [2.24, 2.45) is 5.73 Å². The number of nitrogens with one attached hydrogen (secondary N) is 1. The van der Waals surface area contributed by atoms with E-state index >= 15 is 0 Å². The quantitative estimate of drug-likeness (QED) is 0.737. The van der Waals surface area contributed by atoms with E-state index in [4.69, 9.17) is 10.5 Å². The zero-order chi connectivity index (χ0) is 14.5. The predicted octanol–water partition coefficient (Wildman–Crippen LogP) is 1.16. The fraction of sp³-hybridized carbons (Fsp3) is 0.538. The summed E-state index contributed by atoms with van der Waals surface area (Å²) in [5, 5.41) is 0. The van der Waals surface area contributed by atoms with Crippen molar-refractivity contribution in [1.29, 1.82) is 0 Å². The Hall–Kier alpha value is -0.950. The van der Waals surface area contributed by atoms with Gasteiger partial charge in [0.25, 0.3) is 0 Å². The molecule has 0 aliphatic heterocycles. The summed E-state index contributed by atoms with van der Waals surface area (Å²) in [4.78, 5) is 0.278. The molecule has 0 spiro atoms. The van der Waals surface area contributed by atoms with Gasteiger partial charge in [-0.2, -0.15) is 0 Å². The minimum absolute atomic E-state index is 0.0896. The molecule has 1 aromatic carbocycles. The van der Waals surface area contributed by atoms with Gasteiger partial charge < -0.3 is 10.5 Å². The van der Waals surface area contributed by atoms with Crippen LogP contribution in [-0.4, -0.2) is 27.7 Å². The van der Waals surface area contributed by atoms with Crippen LogP contribution in [0, 0.1) is 6.92 Å². The van der Waals surface area contributed by atoms with Crippen molar-refractivity contribution in [3.63, 3.8) is 0 Å². The number of nitrogens with two attached hydrogens (primary N) is 1. The van der Waals surface area contributed by atoms with Crippen molar-refractivity contribution in [2.75, 3.05) is 13.2 Å². The van der Waals surface area contributed by atoms with Crippen LogP contribution in [0.25, 0.3) is 0 Å². The summed E-state index contributed by atoms with van der Waals surface area (Å²) in [6.07, 6.45) is 0.0896. The van der Waals surface area contributed by atoms with Crippen LogP contribution in [-0.2, 0) is 21.3 Å². The van der Waals surface area contributed by atoms with Gasteiger partial charge in [0.2, 0.25) is 10.0 Å². The fourth-order valence-electron chi connectivity index (χ4n) is 1.61. The Labute approximate surface area is 115 Å². The number of hydrogen-bond donors (Lipinski definition) is 2. The molecule has 0 atom stereocenters. The molecular weight excluding hydrogens is 264 g/mol. The molecule has 0 fully saturated rings. The molecule has 0 bridgehead atoms. The lowest BCUT2D eigenvalue weighted by Crippen LogP contribution is -2.29.